The molecular formula is C59H81N14O18S2-. The first-order valence-corrected chi connectivity index (χ1v) is 32.4. The van der Waals surface area contributed by atoms with Gasteiger partial charge < -0.3 is 104 Å². The summed E-state index contributed by atoms with van der Waals surface area (Å²) in [5.74, 6) is -14.0. The van der Waals surface area contributed by atoms with Crippen LogP contribution in [0.5, 0.6) is 5.75 Å². The number of imidazole rings is 1. The van der Waals surface area contributed by atoms with Crippen molar-refractivity contribution in [2.45, 2.75) is 156 Å². The zero-order valence-electron chi connectivity index (χ0n) is 51.2. The van der Waals surface area contributed by atoms with Gasteiger partial charge in [-0.05, 0) is 93.5 Å². The number of thioether (sulfide) groups is 2. The van der Waals surface area contributed by atoms with Gasteiger partial charge in [0.25, 0.3) is 5.91 Å². The Morgan fingerprint density at radius 1 is 0.667 bits per heavy atom. The van der Waals surface area contributed by atoms with Crippen molar-refractivity contribution in [3.8, 4) is 5.75 Å². The lowest BCUT2D eigenvalue weighted by atomic mass is 10.0. The number of H-pyrrole nitrogens is 1. The average molecular weight is 1340 g/mol. The van der Waals surface area contributed by atoms with Crippen molar-refractivity contribution >= 4 is 101 Å². The SMILES string of the molecule is C[C@@H](O)[C@@H]1NC(=O)[C@H](Cc2ccccc2)NC(=O)[C@H](CCCC[NH3+])NC(=O)[C@H](CC(=O)[O-])NC(=O)[C@H](Cc2cnc[nH]2)NC(=O)[C@@H]2CSCc3cc(cc(c3)OCCCCCCO/N=C/C(=O)N[C@@H](CO)C(=O)N2)CSC[C@@H](C(N)=O)NC(=O)[C@H](CCC(=O)[O-])NC1=O. The molecule has 0 saturated heterocycles. The molecule has 2 aliphatic heterocycles. The summed E-state index contributed by atoms with van der Waals surface area (Å²) in [4.78, 5) is 177. The van der Waals surface area contributed by atoms with Crippen LogP contribution in [0.15, 0.2) is 66.2 Å². The number of aliphatic hydroxyl groups is 2. The van der Waals surface area contributed by atoms with E-state index in [1.165, 1.54) is 12.5 Å². The molecule has 93 heavy (non-hydrogen) atoms. The Kier molecular flexibility index (Phi) is 31.8. The molecule has 3 heterocycles. The number of nitrogens with zero attached hydrogens (tertiary/aromatic N) is 2. The molecule has 2 aromatic carbocycles. The number of benzene rings is 2. The van der Waals surface area contributed by atoms with Gasteiger partial charge in [0.2, 0.25) is 53.2 Å². The van der Waals surface area contributed by atoms with Gasteiger partial charge in [0.05, 0.1) is 32.2 Å². The monoisotopic (exact) mass is 1340 g/mol. The molecule has 5 rings (SSSR count). The summed E-state index contributed by atoms with van der Waals surface area (Å²) in [6, 6.07) is -1.83. The van der Waals surface area contributed by atoms with E-state index in [4.69, 9.17) is 15.3 Å². The Hall–Kier alpha value is -8.86. The van der Waals surface area contributed by atoms with Gasteiger partial charge in [-0.25, -0.2) is 4.98 Å². The van der Waals surface area contributed by atoms with E-state index < -0.39 is 157 Å². The third-order valence-electron chi connectivity index (χ3n) is 14.4. The number of unbranched alkanes of at least 4 members (excludes halogenated alkanes) is 1. The molecule has 4 bridgehead atoms. The number of carbonyl (C=O) groups is 12. The maximum absolute atomic E-state index is 14.7. The zero-order chi connectivity index (χ0) is 67.8. The molecule has 2 aliphatic rings. The number of carboxylic acid groups (broad SMARTS) is 2. The number of amides is 10. The van der Waals surface area contributed by atoms with E-state index in [2.05, 4.69) is 68.7 Å². The van der Waals surface area contributed by atoms with Crippen LogP contribution in [0.2, 0.25) is 0 Å². The second-order valence-electron chi connectivity index (χ2n) is 22.0. The smallest absolute Gasteiger partial charge is 0.266 e. The maximum Gasteiger partial charge on any atom is 0.266 e. The molecule has 508 valence electrons. The first-order valence-electron chi connectivity index (χ1n) is 30.1. The third kappa shape index (κ3) is 26.7. The number of rotatable bonds is 16. The van der Waals surface area contributed by atoms with E-state index in [1.807, 2.05) is 0 Å². The first-order chi connectivity index (χ1) is 44.5. The summed E-state index contributed by atoms with van der Waals surface area (Å²) in [5, 5.41) is 71.1. The number of nitrogens with one attached hydrogen (secondary N) is 10. The molecule has 32 nitrogen and oxygen atoms in total. The van der Waals surface area contributed by atoms with Crippen LogP contribution in [0.25, 0.3) is 0 Å². The molecule has 0 spiro atoms. The van der Waals surface area contributed by atoms with Crippen LogP contribution in [0.3, 0.4) is 0 Å². The molecule has 0 saturated carbocycles. The van der Waals surface area contributed by atoms with Gasteiger partial charge in [0, 0.05) is 66.1 Å². The number of carbonyl (C=O) groups excluding carboxylic acids is 12. The fraction of sp³-hybridized carbons (Fsp3) is 0.525. The highest BCUT2D eigenvalue weighted by atomic mass is 32.2. The Morgan fingerprint density at radius 2 is 1.26 bits per heavy atom. The summed E-state index contributed by atoms with van der Waals surface area (Å²) in [6.45, 7) is 0.936. The first kappa shape index (κ1) is 74.9. The maximum atomic E-state index is 14.7. The van der Waals surface area contributed by atoms with Crippen LogP contribution < -0.4 is 74.3 Å². The lowest BCUT2D eigenvalue weighted by Gasteiger charge is -2.29. The van der Waals surface area contributed by atoms with Gasteiger partial charge in [-0.15, -0.1) is 0 Å². The predicted molar refractivity (Wildman–Crippen MR) is 330 cm³/mol. The van der Waals surface area contributed by atoms with Crippen molar-refractivity contribution in [2.75, 3.05) is 37.9 Å². The predicted octanol–water partition coefficient (Wildman–Crippen LogP) is -6.37. The number of quaternary nitrogens is 1. The average Bonchev–Trinajstić information content (AvgIpc) is 1.85. The highest BCUT2D eigenvalue weighted by molar-refractivity contribution is 7.98. The van der Waals surface area contributed by atoms with Crippen molar-refractivity contribution in [3.05, 3.63) is 83.4 Å². The molecule has 10 atom stereocenters. The van der Waals surface area contributed by atoms with Gasteiger partial charge in [0.15, 0.2) is 0 Å². The van der Waals surface area contributed by atoms with Crippen LogP contribution in [0.1, 0.15) is 93.5 Å². The van der Waals surface area contributed by atoms with Crippen molar-refractivity contribution in [2.24, 2.45) is 10.9 Å². The van der Waals surface area contributed by atoms with E-state index in [-0.39, 0.29) is 67.6 Å². The fourth-order valence-electron chi connectivity index (χ4n) is 9.44. The van der Waals surface area contributed by atoms with Crippen LogP contribution >= 0.6 is 23.5 Å². The van der Waals surface area contributed by atoms with E-state index >= 15 is 0 Å². The van der Waals surface area contributed by atoms with Crippen molar-refractivity contribution in [1.29, 1.82) is 0 Å². The van der Waals surface area contributed by atoms with Crippen molar-refractivity contribution < 1.29 is 93.3 Å². The van der Waals surface area contributed by atoms with Crippen LogP contribution in [0, 0.1) is 0 Å². The lowest BCUT2D eigenvalue weighted by molar-refractivity contribution is -0.368. The number of aliphatic hydroxyl groups excluding tert-OH is 2. The van der Waals surface area contributed by atoms with Crippen LogP contribution in [0.4, 0.5) is 0 Å². The number of carboxylic acids is 2. The molecule has 0 radical (unpaired) electrons. The van der Waals surface area contributed by atoms with E-state index in [0.717, 1.165) is 36.7 Å². The van der Waals surface area contributed by atoms with Gasteiger partial charge in [-0.2, -0.15) is 23.5 Å². The molecule has 0 aliphatic carbocycles. The standard InChI is InChI=1S/C59H82N14O18S2/c1-33(75)50-59(89)67-40(14-15-48(77)78)53(83)71-45(51(61)81)30-92-28-35-19-36-21-38(20-35)90-17-9-2-3-10-18-91-64-26-47(76)65-44(27-74)57(87)72-46(31-93-29-36)58(88)69-42(23-37-25-62-32-63-37)54(84)70-43(24-49(79)80)55(85)66-39(13-7-8-16-60)52(82)68-41(56(86)73-50)22-34-11-5-4-6-12-34/h4-6,11-12,19-21,25-26,32-33,39-46,50,74-75H,2-3,7-10,13-18,22-24,27-31,60H2,1H3,(H2,61,81)(H,62,63)(H,65,76)(H,66,85)(H,67,89)(H,68,82)(H,69,88)(H,70,84)(H,71,83)(H,72,87)(H,73,86)(H,77,78)(H,79,80)/p-1/b64-26+/t33-,39+,40+,41+,42+,43+,44+,45+,46+,50+/m1/s1. The largest absolute Gasteiger partial charge is 0.550 e. The van der Waals surface area contributed by atoms with Gasteiger partial charge in [-0.3, -0.25) is 47.9 Å². The zero-order valence-corrected chi connectivity index (χ0v) is 52.8. The summed E-state index contributed by atoms with van der Waals surface area (Å²) < 4.78 is 6.19. The quantitative estimate of drug-likeness (QED) is 0.0593. The third-order valence-corrected chi connectivity index (χ3v) is 16.6. The molecule has 10 amide bonds. The minimum atomic E-state index is -2.02. The van der Waals surface area contributed by atoms with Crippen LogP contribution in [-0.2, 0) is 86.7 Å². The molecule has 3 aromatic rings. The number of primary amides is 1. The molecule has 0 fully saturated rings. The molecular weight excluding hydrogens is 1260 g/mol. The summed E-state index contributed by atoms with van der Waals surface area (Å²) in [6.07, 6.45) is 1.41. The number of aromatic amines is 1. The number of fused-ring (bicyclic) bond motifs is 5. The van der Waals surface area contributed by atoms with Crippen molar-refractivity contribution in [3.63, 3.8) is 0 Å². The number of aliphatic carboxylic acids is 2. The number of aromatic nitrogens is 2. The number of oxime groups is 1. The number of ether oxygens (including phenoxy) is 1. The second kappa shape index (κ2) is 39.5. The normalized spacial score (nSPS) is 24.5. The summed E-state index contributed by atoms with van der Waals surface area (Å²) in [5.41, 5.74) is 11.6. The highest BCUT2D eigenvalue weighted by Gasteiger charge is 2.37. The summed E-state index contributed by atoms with van der Waals surface area (Å²) >= 11 is 2.25. The molecule has 34 heteroatoms. The lowest BCUT2D eigenvalue weighted by Crippen LogP contribution is -2.62. The van der Waals surface area contributed by atoms with E-state index in [9.17, 15) is 78.0 Å². The molecule has 17 N–H and O–H groups in total. The second-order valence-corrected chi connectivity index (χ2v) is 24.0. The number of hydrogen-bond donors (Lipinski definition) is 14. The molecule has 1 aromatic heterocycles. The van der Waals surface area contributed by atoms with Gasteiger partial charge in [0.1, 0.15) is 72.9 Å². The Bertz CT molecular complexity index is 3060. The number of nitrogens with two attached hydrogens (primary N) is 1. The highest BCUT2D eigenvalue weighted by Crippen LogP contribution is 2.26. The Labute approximate surface area is 543 Å². The topological polar surface area (TPSA) is 513 Å². The summed E-state index contributed by atoms with van der Waals surface area (Å²) in [7, 11) is 0. The molecule has 0 unspecified atom stereocenters. The number of hydrogen-bond acceptors (Lipinski definition) is 22. The van der Waals surface area contributed by atoms with Gasteiger partial charge in [-0.1, -0.05) is 41.6 Å². The van der Waals surface area contributed by atoms with E-state index in [0.29, 0.717) is 61.1 Å². The van der Waals surface area contributed by atoms with Crippen LogP contribution in [-0.4, -0.2) is 196 Å². The minimum absolute atomic E-state index is 0.115. The van der Waals surface area contributed by atoms with E-state index in [1.54, 1.807) is 48.5 Å². The minimum Gasteiger partial charge on any atom is -0.550 e. The fourth-order valence-corrected chi connectivity index (χ4v) is 11.4. The Balaban J connectivity index is 1.62. The van der Waals surface area contributed by atoms with Crippen molar-refractivity contribution in [1.82, 2.24) is 57.8 Å². The Morgan fingerprint density at radius 3 is 1.90 bits per heavy atom. The van der Waals surface area contributed by atoms with Gasteiger partial charge >= 0.3 is 0 Å².